The number of aryl methyl sites for hydroxylation is 2. The van der Waals surface area contributed by atoms with Crippen molar-refractivity contribution in [3.63, 3.8) is 0 Å². The monoisotopic (exact) mass is 210 g/mol. The van der Waals surface area contributed by atoms with E-state index in [1.165, 1.54) is 11.1 Å². The molecule has 2 heteroatoms. The highest BCUT2D eigenvalue weighted by molar-refractivity contribution is 5.65. The maximum Gasteiger partial charge on any atom is 0.137 e. The SMILES string of the molecule is C=C(CC(C#N)C#N)c1ccc(C)c(C)c1. The van der Waals surface area contributed by atoms with Crippen LogP contribution in [0.4, 0.5) is 0 Å². The van der Waals surface area contributed by atoms with Crippen LogP contribution in [0.25, 0.3) is 5.57 Å². The summed E-state index contributed by atoms with van der Waals surface area (Å²) in [4.78, 5) is 0. The fourth-order valence-corrected chi connectivity index (χ4v) is 1.45. The van der Waals surface area contributed by atoms with Crippen LogP contribution in [-0.4, -0.2) is 0 Å². The molecule has 80 valence electrons. The normalized spacial score (nSPS) is 9.56. The summed E-state index contributed by atoms with van der Waals surface area (Å²) in [5.41, 5.74) is 4.28. The Kier molecular flexibility index (Phi) is 3.86. The molecule has 0 aliphatic carbocycles. The van der Waals surface area contributed by atoms with E-state index in [1.54, 1.807) is 0 Å². The maximum atomic E-state index is 8.71. The van der Waals surface area contributed by atoms with E-state index >= 15 is 0 Å². The Labute approximate surface area is 96.4 Å². The summed E-state index contributed by atoms with van der Waals surface area (Å²) in [6.45, 7) is 8.02. The van der Waals surface area contributed by atoms with E-state index in [4.69, 9.17) is 10.5 Å². The lowest BCUT2D eigenvalue weighted by Crippen LogP contribution is -1.95. The second-order valence-corrected chi connectivity index (χ2v) is 3.92. The molecule has 0 N–H and O–H groups in total. The van der Waals surface area contributed by atoms with E-state index in [9.17, 15) is 0 Å². The van der Waals surface area contributed by atoms with Gasteiger partial charge >= 0.3 is 0 Å². The molecule has 0 saturated carbocycles. The Morgan fingerprint density at radius 2 is 1.88 bits per heavy atom. The van der Waals surface area contributed by atoms with Gasteiger partial charge in [0.15, 0.2) is 0 Å². The summed E-state index contributed by atoms with van der Waals surface area (Å²) in [6, 6.07) is 9.97. The first-order chi connectivity index (χ1) is 7.58. The molecule has 1 aromatic carbocycles. The Hall–Kier alpha value is -2.06. The van der Waals surface area contributed by atoms with Gasteiger partial charge in [-0.3, -0.25) is 0 Å². The molecule has 0 bridgehead atoms. The zero-order valence-electron chi connectivity index (χ0n) is 9.62. The average molecular weight is 210 g/mol. The first-order valence-corrected chi connectivity index (χ1v) is 5.13. The Morgan fingerprint density at radius 3 is 2.38 bits per heavy atom. The quantitative estimate of drug-likeness (QED) is 0.767. The lowest BCUT2D eigenvalue weighted by atomic mass is 9.95. The highest BCUT2D eigenvalue weighted by Gasteiger charge is 2.09. The molecular weight excluding hydrogens is 196 g/mol. The number of hydrogen-bond donors (Lipinski definition) is 0. The summed E-state index contributed by atoms with van der Waals surface area (Å²) in [6.07, 6.45) is 0.412. The molecule has 0 radical (unpaired) electrons. The van der Waals surface area contributed by atoms with E-state index in [0.717, 1.165) is 11.1 Å². The predicted molar refractivity (Wildman–Crippen MR) is 64.3 cm³/mol. The Morgan fingerprint density at radius 1 is 1.25 bits per heavy atom. The fourth-order valence-electron chi connectivity index (χ4n) is 1.45. The molecule has 0 heterocycles. The van der Waals surface area contributed by atoms with Gasteiger partial charge in [0.05, 0.1) is 12.1 Å². The van der Waals surface area contributed by atoms with Crippen LogP contribution in [0.3, 0.4) is 0 Å². The van der Waals surface area contributed by atoms with E-state index in [-0.39, 0.29) is 0 Å². The van der Waals surface area contributed by atoms with Gasteiger partial charge in [-0.15, -0.1) is 0 Å². The fraction of sp³-hybridized carbons (Fsp3) is 0.286. The van der Waals surface area contributed by atoms with Crippen LogP contribution < -0.4 is 0 Å². The Bertz CT molecular complexity index is 472. The third kappa shape index (κ3) is 2.72. The molecule has 0 aromatic heterocycles. The minimum atomic E-state index is -0.603. The summed E-state index contributed by atoms with van der Waals surface area (Å²) in [5.74, 6) is -0.603. The number of nitrogens with zero attached hydrogens (tertiary/aromatic N) is 2. The second-order valence-electron chi connectivity index (χ2n) is 3.92. The van der Waals surface area contributed by atoms with Crippen molar-refractivity contribution in [3.05, 3.63) is 41.5 Å². The van der Waals surface area contributed by atoms with Crippen LogP contribution in [0.1, 0.15) is 23.1 Å². The highest BCUT2D eigenvalue weighted by Crippen LogP contribution is 2.22. The van der Waals surface area contributed by atoms with Crippen molar-refractivity contribution >= 4 is 5.57 Å². The lowest BCUT2D eigenvalue weighted by Gasteiger charge is -2.08. The number of hydrogen-bond acceptors (Lipinski definition) is 2. The molecule has 0 atom stereocenters. The minimum Gasteiger partial charge on any atom is -0.197 e. The minimum absolute atomic E-state index is 0.412. The van der Waals surface area contributed by atoms with Gasteiger partial charge in [-0.05, 0) is 36.1 Å². The van der Waals surface area contributed by atoms with Crippen LogP contribution in [0.2, 0.25) is 0 Å². The summed E-state index contributed by atoms with van der Waals surface area (Å²) in [7, 11) is 0. The molecule has 1 aromatic rings. The average Bonchev–Trinajstić information content (AvgIpc) is 2.29. The molecular formula is C14H14N2. The van der Waals surface area contributed by atoms with Crippen LogP contribution in [0, 0.1) is 42.4 Å². The molecule has 0 amide bonds. The van der Waals surface area contributed by atoms with E-state index < -0.39 is 5.92 Å². The van der Waals surface area contributed by atoms with Gasteiger partial charge in [-0.1, -0.05) is 24.8 Å². The van der Waals surface area contributed by atoms with Gasteiger partial charge in [0.2, 0.25) is 0 Å². The van der Waals surface area contributed by atoms with E-state index in [1.807, 2.05) is 37.3 Å². The standard InChI is InChI=1S/C14H14N2/c1-10-4-5-14(7-11(10)2)12(3)6-13(8-15)9-16/h4-5,7,13H,3,6H2,1-2H3. The van der Waals surface area contributed by atoms with Crippen LogP contribution in [0.15, 0.2) is 24.8 Å². The zero-order chi connectivity index (χ0) is 12.1. The van der Waals surface area contributed by atoms with Gasteiger partial charge < -0.3 is 0 Å². The summed E-state index contributed by atoms with van der Waals surface area (Å²) >= 11 is 0. The third-order valence-corrected chi connectivity index (χ3v) is 2.68. The van der Waals surface area contributed by atoms with Crippen molar-refractivity contribution in [1.29, 1.82) is 10.5 Å². The van der Waals surface area contributed by atoms with Crippen LogP contribution in [-0.2, 0) is 0 Å². The van der Waals surface area contributed by atoms with Gasteiger partial charge in [-0.25, -0.2) is 0 Å². The maximum absolute atomic E-state index is 8.71. The number of allylic oxidation sites excluding steroid dienone is 1. The molecule has 0 unspecified atom stereocenters. The van der Waals surface area contributed by atoms with E-state index in [0.29, 0.717) is 6.42 Å². The third-order valence-electron chi connectivity index (χ3n) is 2.68. The number of nitriles is 2. The number of benzene rings is 1. The topological polar surface area (TPSA) is 47.6 Å². The van der Waals surface area contributed by atoms with Crippen molar-refractivity contribution in [2.45, 2.75) is 20.3 Å². The van der Waals surface area contributed by atoms with Gasteiger partial charge in [0.1, 0.15) is 5.92 Å². The molecule has 0 aliphatic rings. The smallest absolute Gasteiger partial charge is 0.137 e. The molecule has 2 nitrogen and oxygen atoms in total. The van der Waals surface area contributed by atoms with Crippen molar-refractivity contribution < 1.29 is 0 Å². The predicted octanol–water partition coefficient (Wildman–Crippen LogP) is 3.37. The van der Waals surface area contributed by atoms with Gasteiger partial charge in [-0.2, -0.15) is 10.5 Å². The first kappa shape index (κ1) is 12.0. The molecule has 0 saturated heterocycles. The summed E-state index contributed by atoms with van der Waals surface area (Å²) < 4.78 is 0. The molecule has 1 rings (SSSR count). The molecule has 0 spiro atoms. The lowest BCUT2D eigenvalue weighted by molar-refractivity contribution is 0.877. The number of rotatable bonds is 3. The first-order valence-electron chi connectivity index (χ1n) is 5.13. The summed E-state index contributed by atoms with van der Waals surface area (Å²) in [5, 5.41) is 17.4. The van der Waals surface area contributed by atoms with Gasteiger partial charge in [0, 0.05) is 6.42 Å². The van der Waals surface area contributed by atoms with Crippen LogP contribution >= 0.6 is 0 Å². The van der Waals surface area contributed by atoms with Crippen LogP contribution in [0.5, 0.6) is 0 Å². The molecule has 16 heavy (non-hydrogen) atoms. The highest BCUT2D eigenvalue weighted by atomic mass is 14.3. The molecule has 0 fully saturated rings. The Balaban J connectivity index is 2.87. The largest absolute Gasteiger partial charge is 0.197 e. The van der Waals surface area contributed by atoms with Crippen molar-refractivity contribution in [2.24, 2.45) is 5.92 Å². The van der Waals surface area contributed by atoms with Crippen molar-refractivity contribution in [1.82, 2.24) is 0 Å². The van der Waals surface area contributed by atoms with E-state index in [2.05, 4.69) is 13.5 Å². The second kappa shape index (κ2) is 5.14. The zero-order valence-corrected chi connectivity index (χ0v) is 9.62. The van der Waals surface area contributed by atoms with Gasteiger partial charge in [0.25, 0.3) is 0 Å². The molecule has 0 aliphatic heterocycles. The van der Waals surface area contributed by atoms with Crippen molar-refractivity contribution in [2.75, 3.05) is 0 Å². The van der Waals surface area contributed by atoms with Crippen molar-refractivity contribution in [3.8, 4) is 12.1 Å².